The van der Waals surface area contributed by atoms with Gasteiger partial charge in [-0.2, -0.15) is 5.26 Å². The second-order valence-electron chi connectivity index (χ2n) is 4.75. The van der Waals surface area contributed by atoms with Crippen molar-refractivity contribution in [2.45, 2.75) is 19.6 Å². The van der Waals surface area contributed by atoms with Crippen LogP contribution >= 0.6 is 15.9 Å². The summed E-state index contributed by atoms with van der Waals surface area (Å²) in [6, 6.07) is 15.9. The second kappa shape index (κ2) is 7.26. The van der Waals surface area contributed by atoms with Crippen LogP contribution in [0.15, 0.2) is 46.9 Å². The molecule has 0 spiro atoms. The van der Waals surface area contributed by atoms with Gasteiger partial charge in [-0.25, -0.2) is 0 Å². The molecule has 0 aliphatic heterocycles. The number of halogens is 1. The summed E-state index contributed by atoms with van der Waals surface area (Å²) in [7, 11) is 1.92. The molecule has 2 aromatic carbocycles. The van der Waals surface area contributed by atoms with Gasteiger partial charge in [-0.1, -0.05) is 40.2 Å². The maximum absolute atomic E-state index is 9.12. The number of rotatable bonds is 5. The Morgan fingerprint density at radius 2 is 2.05 bits per heavy atom. The molecule has 2 rings (SSSR count). The van der Waals surface area contributed by atoms with Crippen LogP contribution in [0, 0.1) is 11.3 Å². The van der Waals surface area contributed by atoms with E-state index in [9.17, 15) is 0 Å². The normalized spacial score (nSPS) is 11.7. The van der Waals surface area contributed by atoms with Crippen LogP contribution in [-0.2, 0) is 6.61 Å². The van der Waals surface area contributed by atoms with Gasteiger partial charge < -0.3 is 10.1 Å². The molecular weight excluding hydrogens is 328 g/mol. The van der Waals surface area contributed by atoms with E-state index >= 15 is 0 Å². The number of nitrogens with one attached hydrogen (secondary N) is 1. The van der Waals surface area contributed by atoms with Gasteiger partial charge in [0.25, 0.3) is 0 Å². The molecule has 0 saturated heterocycles. The molecule has 0 amide bonds. The lowest BCUT2D eigenvalue weighted by molar-refractivity contribution is 0.300. The maximum atomic E-state index is 9.12. The standard InChI is InChI=1S/C17H17BrN2O/c1-12(20-2)16-8-7-15(18)9-17(16)21-11-14-6-4-3-5-13(14)10-19/h3-9,12,20H,11H2,1-2H3. The van der Waals surface area contributed by atoms with E-state index in [1.54, 1.807) is 6.07 Å². The van der Waals surface area contributed by atoms with Crippen LogP contribution in [0.5, 0.6) is 5.75 Å². The van der Waals surface area contributed by atoms with Crippen LogP contribution in [-0.4, -0.2) is 7.05 Å². The van der Waals surface area contributed by atoms with E-state index in [0.29, 0.717) is 12.2 Å². The van der Waals surface area contributed by atoms with E-state index in [2.05, 4.69) is 34.2 Å². The fourth-order valence-electron chi connectivity index (χ4n) is 2.06. The van der Waals surface area contributed by atoms with E-state index in [0.717, 1.165) is 21.3 Å². The van der Waals surface area contributed by atoms with Gasteiger partial charge in [-0.15, -0.1) is 0 Å². The van der Waals surface area contributed by atoms with Crippen LogP contribution in [0.4, 0.5) is 0 Å². The predicted molar refractivity (Wildman–Crippen MR) is 87.1 cm³/mol. The first-order valence-electron chi connectivity index (χ1n) is 6.73. The number of ether oxygens (including phenoxy) is 1. The maximum Gasteiger partial charge on any atom is 0.125 e. The van der Waals surface area contributed by atoms with Crippen molar-refractivity contribution < 1.29 is 4.74 Å². The van der Waals surface area contributed by atoms with Crippen LogP contribution < -0.4 is 10.1 Å². The Bertz CT molecular complexity index is 664. The summed E-state index contributed by atoms with van der Waals surface area (Å²) in [6.07, 6.45) is 0. The second-order valence-corrected chi connectivity index (χ2v) is 5.67. The highest BCUT2D eigenvalue weighted by Crippen LogP contribution is 2.29. The van der Waals surface area contributed by atoms with Gasteiger partial charge in [-0.3, -0.25) is 0 Å². The minimum Gasteiger partial charge on any atom is -0.488 e. The molecule has 0 bridgehead atoms. The van der Waals surface area contributed by atoms with Crippen molar-refractivity contribution in [3.63, 3.8) is 0 Å². The third-order valence-corrected chi connectivity index (χ3v) is 3.89. The lowest BCUT2D eigenvalue weighted by Gasteiger charge is -2.17. The molecule has 0 aliphatic rings. The van der Waals surface area contributed by atoms with Gasteiger partial charge in [0.1, 0.15) is 12.4 Å². The fourth-order valence-corrected chi connectivity index (χ4v) is 2.40. The first-order chi connectivity index (χ1) is 10.2. The molecule has 21 heavy (non-hydrogen) atoms. The van der Waals surface area contributed by atoms with Gasteiger partial charge in [0.15, 0.2) is 0 Å². The summed E-state index contributed by atoms with van der Waals surface area (Å²) in [4.78, 5) is 0. The third-order valence-electron chi connectivity index (χ3n) is 3.40. The quantitative estimate of drug-likeness (QED) is 0.884. The predicted octanol–water partition coefficient (Wildman–Crippen LogP) is 4.18. The molecule has 3 nitrogen and oxygen atoms in total. The van der Waals surface area contributed by atoms with Crippen LogP contribution in [0.1, 0.15) is 29.7 Å². The lowest BCUT2D eigenvalue weighted by atomic mass is 10.1. The van der Waals surface area contributed by atoms with Gasteiger partial charge >= 0.3 is 0 Å². The van der Waals surface area contributed by atoms with Crippen molar-refractivity contribution in [1.82, 2.24) is 5.32 Å². The van der Waals surface area contributed by atoms with Gasteiger partial charge in [0.2, 0.25) is 0 Å². The van der Waals surface area contributed by atoms with Crippen molar-refractivity contribution >= 4 is 15.9 Å². The first kappa shape index (κ1) is 15.6. The van der Waals surface area contributed by atoms with Crippen LogP contribution in [0.25, 0.3) is 0 Å². The van der Waals surface area contributed by atoms with E-state index in [1.165, 1.54) is 0 Å². The molecule has 0 aromatic heterocycles. The van der Waals surface area contributed by atoms with E-state index < -0.39 is 0 Å². The molecule has 0 fully saturated rings. The summed E-state index contributed by atoms with van der Waals surface area (Å²) in [6.45, 7) is 2.46. The Morgan fingerprint density at radius 3 is 2.76 bits per heavy atom. The summed E-state index contributed by atoms with van der Waals surface area (Å²) in [5, 5.41) is 12.3. The van der Waals surface area contributed by atoms with Crippen LogP contribution in [0.3, 0.4) is 0 Å². The number of nitrogens with zero attached hydrogens (tertiary/aromatic N) is 1. The molecular formula is C17H17BrN2O. The zero-order chi connectivity index (χ0) is 15.2. The zero-order valence-corrected chi connectivity index (χ0v) is 13.6. The van der Waals surface area contributed by atoms with E-state index in [-0.39, 0.29) is 6.04 Å². The van der Waals surface area contributed by atoms with Crippen molar-refractivity contribution in [1.29, 1.82) is 5.26 Å². The van der Waals surface area contributed by atoms with Gasteiger partial charge in [-0.05, 0) is 32.2 Å². The van der Waals surface area contributed by atoms with E-state index in [1.807, 2.05) is 43.4 Å². The third kappa shape index (κ3) is 3.84. The Labute approximate surface area is 133 Å². The molecule has 4 heteroatoms. The molecule has 0 radical (unpaired) electrons. The number of hydrogen-bond donors (Lipinski definition) is 1. The minimum atomic E-state index is 0.194. The molecule has 1 N–H and O–H groups in total. The Morgan fingerprint density at radius 1 is 1.29 bits per heavy atom. The van der Waals surface area contributed by atoms with Crippen molar-refractivity contribution in [3.8, 4) is 11.8 Å². The van der Waals surface area contributed by atoms with Crippen molar-refractivity contribution in [2.24, 2.45) is 0 Å². The smallest absolute Gasteiger partial charge is 0.125 e. The molecule has 1 unspecified atom stereocenters. The number of hydrogen-bond acceptors (Lipinski definition) is 3. The molecule has 0 aliphatic carbocycles. The SMILES string of the molecule is CNC(C)c1ccc(Br)cc1OCc1ccccc1C#N. The highest BCUT2D eigenvalue weighted by molar-refractivity contribution is 9.10. The summed E-state index contributed by atoms with van der Waals surface area (Å²) in [5.41, 5.74) is 2.63. The highest BCUT2D eigenvalue weighted by Gasteiger charge is 2.11. The summed E-state index contributed by atoms with van der Waals surface area (Å²) in [5.74, 6) is 0.818. The number of nitriles is 1. The summed E-state index contributed by atoms with van der Waals surface area (Å²) < 4.78 is 6.92. The monoisotopic (exact) mass is 344 g/mol. The van der Waals surface area contributed by atoms with E-state index in [4.69, 9.17) is 10.00 Å². The fraction of sp³-hybridized carbons (Fsp3) is 0.235. The van der Waals surface area contributed by atoms with Gasteiger partial charge in [0.05, 0.1) is 11.6 Å². The average Bonchev–Trinajstić information content (AvgIpc) is 2.52. The molecule has 0 saturated carbocycles. The van der Waals surface area contributed by atoms with Crippen LogP contribution in [0.2, 0.25) is 0 Å². The summed E-state index contributed by atoms with van der Waals surface area (Å²) >= 11 is 3.47. The lowest BCUT2D eigenvalue weighted by Crippen LogP contribution is -2.14. The molecule has 2 aromatic rings. The largest absolute Gasteiger partial charge is 0.488 e. The minimum absolute atomic E-state index is 0.194. The average molecular weight is 345 g/mol. The zero-order valence-electron chi connectivity index (χ0n) is 12.1. The van der Waals surface area contributed by atoms with Crippen molar-refractivity contribution in [2.75, 3.05) is 7.05 Å². The molecule has 108 valence electrons. The Balaban J connectivity index is 2.23. The molecule has 1 atom stereocenters. The first-order valence-corrected chi connectivity index (χ1v) is 7.52. The highest BCUT2D eigenvalue weighted by atomic mass is 79.9. The Kier molecular flexibility index (Phi) is 5.38. The van der Waals surface area contributed by atoms with Gasteiger partial charge in [0, 0.05) is 21.6 Å². The Hall–Kier alpha value is -1.83. The topological polar surface area (TPSA) is 45.0 Å². The molecule has 0 heterocycles. The number of benzene rings is 2. The van der Waals surface area contributed by atoms with Crippen molar-refractivity contribution in [3.05, 3.63) is 63.6 Å².